The molecule has 2 aromatic carbocycles. The van der Waals surface area contributed by atoms with E-state index in [1.807, 2.05) is 31.2 Å². The van der Waals surface area contributed by atoms with E-state index in [1.165, 1.54) is 17.8 Å². The van der Waals surface area contributed by atoms with Crippen LogP contribution in [0, 0.1) is 5.82 Å². The lowest BCUT2D eigenvalue weighted by Gasteiger charge is -2.26. The second-order valence-corrected chi connectivity index (χ2v) is 7.75. The van der Waals surface area contributed by atoms with Gasteiger partial charge >= 0.3 is 0 Å². The molecule has 1 aromatic heterocycles. The van der Waals surface area contributed by atoms with Gasteiger partial charge in [-0.3, -0.25) is 9.59 Å². The van der Waals surface area contributed by atoms with Gasteiger partial charge in [0.1, 0.15) is 17.4 Å². The SMILES string of the molecule is CCOc1ccccc1C1CC(=O)Nc2nc(SCc3ccccc3F)[nH]c(=O)c21. The van der Waals surface area contributed by atoms with Gasteiger partial charge in [-0.15, -0.1) is 0 Å². The van der Waals surface area contributed by atoms with E-state index < -0.39 is 5.92 Å². The number of carbonyl (C=O) groups is 1. The number of halogens is 1. The molecule has 154 valence electrons. The minimum absolute atomic E-state index is 0.129. The smallest absolute Gasteiger partial charge is 0.257 e. The number of amides is 1. The van der Waals surface area contributed by atoms with Crippen LogP contribution < -0.4 is 15.6 Å². The van der Waals surface area contributed by atoms with Gasteiger partial charge in [-0.05, 0) is 24.6 Å². The minimum Gasteiger partial charge on any atom is -0.494 e. The standard InChI is InChI=1S/C22H20FN3O3S/c1-2-29-17-10-6-4-8-14(17)15-11-18(27)24-20-19(15)21(28)26-22(25-20)30-12-13-7-3-5-9-16(13)23/h3-10,15H,2,11-12H2,1H3,(H2,24,25,26,27,28). The largest absolute Gasteiger partial charge is 0.494 e. The molecule has 0 saturated heterocycles. The fourth-order valence-corrected chi connectivity index (χ4v) is 4.35. The first-order valence-electron chi connectivity index (χ1n) is 9.58. The molecule has 30 heavy (non-hydrogen) atoms. The lowest BCUT2D eigenvalue weighted by Crippen LogP contribution is -2.31. The first-order chi connectivity index (χ1) is 14.6. The maximum atomic E-state index is 13.9. The summed E-state index contributed by atoms with van der Waals surface area (Å²) in [7, 11) is 0. The Labute approximate surface area is 176 Å². The van der Waals surface area contributed by atoms with Crippen molar-refractivity contribution < 1.29 is 13.9 Å². The first kappa shape index (κ1) is 20.2. The topological polar surface area (TPSA) is 84.1 Å². The lowest BCUT2D eigenvalue weighted by atomic mass is 9.86. The lowest BCUT2D eigenvalue weighted by molar-refractivity contribution is -0.116. The number of nitrogens with zero attached hydrogens (tertiary/aromatic N) is 1. The number of H-pyrrole nitrogens is 1. The van der Waals surface area contributed by atoms with Crippen LogP contribution in [0.1, 0.15) is 36.0 Å². The van der Waals surface area contributed by atoms with Crippen molar-refractivity contribution in [2.24, 2.45) is 0 Å². The molecule has 0 saturated carbocycles. The second kappa shape index (κ2) is 8.71. The van der Waals surface area contributed by atoms with Gasteiger partial charge < -0.3 is 15.0 Å². The Morgan fingerprint density at radius 2 is 1.93 bits per heavy atom. The van der Waals surface area contributed by atoms with Gasteiger partial charge in [-0.1, -0.05) is 48.2 Å². The Bertz CT molecular complexity index is 1150. The van der Waals surface area contributed by atoms with Crippen molar-refractivity contribution in [2.75, 3.05) is 11.9 Å². The number of fused-ring (bicyclic) bond motifs is 1. The Morgan fingerprint density at radius 3 is 2.73 bits per heavy atom. The highest BCUT2D eigenvalue weighted by Gasteiger charge is 2.32. The Balaban J connectivity index is 1.68. The maximum absolute atomic E-state index is 13.9. The first-order valence-corrected chi connectivity index (χ1v) is 10.6. The van der Waals surface area contributed by atoms with Gasteiger partial charge in [-0.25, -0.2) is 9.37 Å². The molecule has 0 bridgehead atoms. The Morgan fingerprint density at radius 1 is 1.17 bits per heavy atom. The zero-order chi connectivity index (χ0) is 21.1. The minimum atomic E-state index is -0.460. The number of thioether (sulfide) groups is 1. The summed E-state index contributed by atoms with van der Waals surface area (Å²) in [6.45, 7) is 2.36. The van der Waals surface area contributed by atoms with E-state index in [1.54, 1.807) is 18.2 Å². The molecule has 2 heterocycles. The fraction of sp³-hybridized carbons (Fsp3) is 0.227. The van der Waals surface area contributed by atoms with E-state index in [4.69, 9.17) is 4.74 Å². The highest BCUT2D eigenvalue weighted by atomic mass is 32.2. The number of carbonyl (C=O) groups excluding carboxylic acids is 1. The number of ether oxygens (including phenoxy) is 1. The van der Waals surface area contributed by atoms with Crippen LogP contribution in [0.5, 0.6) is 5.75 Å². The molecule has 0 spiro atoms. The van der Waals surface area contributed by atoms with Crippen molar-refractivity contribution in [2.45, 2.75) is 30.2 Å². The summed E-state index contributed by atoms with van der Waals surface area (Å²) in [6, 6.07) is 13.8. The quantitative estimate of drug-likeness (QED) is 0.459. The molecule has 1 aliphatic heterocycles. The molecule has 1 amide bonds. The zero-order valence-corrected chi connectivity index (χ0v) is 17.1. The second-order valence-electron chi connectivity index (χ2n) is 6.79. The number of aromatic nitrogens is 2. The summed E-state index contributed by atoms with van der Waals surface area (Å²) in [5.74, 6) is 0.191. The molecule has 0 radical (unpaired) electrons. The van der Waals surface area contributed by atoms with E-state index >= 15 is 0 Å². The molecule has 0 aliphatic carbocycles. The van der Waals surface area contributed by atoms with Gasteiger partial charge in [-0.2, -0.15) is 0 Å². The van der Waals surface area contributed by atoms with E-state index in [0.29, 0.717) is 34.4 Å². The number of nitrogens with one attached hydrogen (secondary N) is 2. The zero-order valence-electron chi connectivity index (χ0n) is 16.3. The van der Waals surface area contributed by atoms with Crippen LogP contribution in [0.25, 0.3) is 0 Å². The summed E-state index contributed by atoms with van der Waals surface area (Å²) in [5.41, 5.74) is 1.36. The molecule has 6 nitrogen and oxygen atoms in total. The van der Waals surface area contributed by atoms with Gasteiger partial charge in [0, 0.05) is 23.7 Å². The number of benzene rings is 2. The van der Waals surface area contributed by atoms with E-state index in [2.05, 4.69) is 15.3 Å². The summed E-state index contributed by atoms with van der Waals surface area (Å²) >= 11 is 1.20. The molecule has 0 fully saturated rings. The maximum Gasteiger partial charge on any atom is 0.257 e. The Hall–Kier alpha value is -3.13. The van der Waals surface area contributed by atoms with Crippen LogP contribution in [0.3, 0.4) is 0 Å². The molecular weight excluding hydrogens is 405 g/mol. The van der Waals surface area contributed by atoms with Crippen LogP contribution >= 0.6 is 11.8 Å². The molecular formula is C22H20FN3O3S. The van der Waals surface area contributed by atoms with Crippen molar-refractivity contribution in [3.05, 3.63) is 81.4 Å². The molecule has 4 rings (SSSR count). The third-order valence-corrected chi connectivity index (χ3v) is 5.77. The number of anilines is 1. The van der Waals surface area contributed by atoms with Crippen molar-refractivity contribution in [1.29, 1.82) is 0 Å². The average Bonchev–Trinajstić information content (AvgIpc) is 2.73. The van der Waals surface area contributed by atoms with Crippen molar-refractivity contribution >= 4 is 23.5 Å². The number of hydrogen-bond acceptors (Lipinski definition) is 5. The van der Waals surface area contributed by atoms with Crippen molar-refractivity contribution in [1.82, 2.24) is 9.97 Å². The summed E-state index contributed by atoms with van der Waals surface area (Å²) in [4.78, 5) is 32.5. The highest BCUT2D eigenvalue weighted by Crippen LogP contribution is 2.38. The predicted molar refractivity (Wildman–Crippen MR) is 114 cm³/mol. The molecule has 3 aromatic rings. The van der Waals surface area contributed by atoms with Crippen LogP contribution in [0.4, 0.5) is 10.2 Å². The molecule has 1 atom stereocenters. The average molecular weight is 425 g/mol. The fourth-order valence-electron chi connectivity index (χ4n) is 3.50. The normalized spacial score (nSPS) is 15.4. The number of hydrogen-bond donors (Lipinski definition) is 2. The monoisotopic (exact) mass is 425 g/mol. The molecule has 8 heteroatoms. The number of rotatable bonds is 6. The van der Waals surface area contributed by atoms with Gasteiger partial charge in [0.25, 0.3) is 5.56 Å². The molecule has 2 N–H and O–H groups in total. The third kappa shape index (κ3) is 4.09. The van der Waals surface area contributed by atoms with Gasteiger partial charge in [0.2, 0.25) is 5.91 Å². The van der Waals surface area contributed by atoms with E-state index in [-0.39, 0.29) is 29.5 Å². The molecule has 1 unspecified atom stereocenters. The van der Waals surface area contributed by atoms with Crippen molar-refractivity contribution in [3.8, 4) is 5.75 Å². The van der Waals surface area contributed by atoms with Gasteiger partial charge in [0.05, 0.1) is 12.2 Å². The summed E-state index contributed by atoms with van der Waals surface area (Å²) in [5, 5.41) is 3.02. The van der Waals surface area contributed by atoms with Gasteiger partial charge in [0.15, 0.2) is 5.16 Å². The van der Waals surface area contributed by atoms with Crippen LogP contribution in [-0.4, -0.2) is 22.5 Å². The third-order valence-electron chi connectivity index (χ3n) is 4.85. The number of aromatic amines is 1. The summed E-state index contributed by atoms with van der Waals surface area (Å²) < 4.78 is 19.6. The van der Waals surface area contributed by atoms with Crippen LogP contribution in [0.2, 0.25) is 0 Å². The van der Waals surface area contributed by atoms with E-state index in [0.717, 1.165) is 5.56 Å². The van der Waals surface area contributed by atoms with Crippen LogP contribution in [0.15, 0.2) is 58.5 Å². The Kier molecular flexibility index (Phi) is 5.85. The number of para-hydroxylation sites is 1. The van der Waals surface area contributed by atoms with Crippen LogP contribution in [-0.2, 0) is 10.5 Å². The van der Waals surface area contributed by atoms with Crippen molar-refractivity contribution in [3.63, 3.8) is 0 Å². The summed E-state index contributed by atoms with van der Waals surface area (Å²) in [6.07, 6.45) is 0.129. The molecule has 1 aliphatic rings. The highest BCUT2D eigenvalue weighted by molar-refractivity contribution is 7.98. The predicted octanol–water partition coefficient (Wildman–Crippen LogP) is 4.07. The van der Waals surface area contributed by atoms with E-state index in [9.17, 15) is 14.0 Å².